The van der Waals surface area contributed by atoms with Gasteiger partial charge in [0.1, 0.15) is 0 Å². The fraction of sp³-hybridized carbons (Fsp3) is 0.316. The van der Waals surface area contributed by atoms with Gasteiger partial charge in [-0.3, -0.25) is 9.89 Å². The molecule has 0 unspecified atom stereocenters. The molecule has 2 aromatic heterocycles. The lowest BCUT2D eigenvalue weighted by molar-refractivity contribution is -0.120. The first-order chi connectivity index (χ1) is 12.7. The molecule has 0 fully saturated rings. The smallest absolute Gasteiger partial charge is 0.233 e. The summed E-state index contributed by atoms with van der Waals surface area (Å²) in [5, 5.41) is 12.5. The van der Waals surface area contributed by atoms with Crippen LogP contribution in [-0.4, -0.2) is 32.9 Å². The molecule has 0 bridgehead atoms. The molecule has 5 nitrogen and oxygen atoms in total. The van der Waals surface area contributed by atoms with Gasteiger partial charge in [-0.2, -0.15) is 0 Å². The predicted molar refractivity (Wildman–Crippen MR) is 107 cm³/mol. The second-order valence-corrected chi connectivity index (χ2v) is 8.22. The number of thioether (sulfide) groups is 1. The van der Waals surface area contributed by atoms with E-state index in [1.54, 1.807) is 11.3 Å². The number of H-pyrrole nitrogens is 1. The maximum absolute atomic E-state index is 12.4. The van der Waals surface area contributed by atoms with Gasteiger partial charge in [0, 0.05) is 12.5 Å². The van der Waals surface area contributed by atoms with Crippen LogP contribution >= 0.6 is 23.1 Å². The third-order valence-corrected chi connectivity index (χ3v) is 5.99. The van der Waals surface area contributed by atoms with Crippen LogP contribution in [0.5, 0.6) is 0 Å². The van der Waals surface area contributed by atoms with Crippen molar-refractivity contribution >= 4 is 29.0 Å². The molecule has 0 saturated heterocycles. The number of nitrogens with one attached hydrogen (secondary N) is 2. The van der Waals surface area contributed by atoms with Crippen molar-refractivity contribution in [3.63, 3.8) is 0 Å². The number of hydrogen-bond donors (Lipinski definition) is 2. The lowest BCUT2D eigenvalue weighted by Gasteiger charge is -2.17. The molecule has 0 aliphatic carbocycles. The Kier molecular flexibility index (Phi) is 6.46. The van der Waals surface area contributed by atoms with Gasteiger partial charge in [0.2, 0.25) is 11.1 Å². The van der Waals surface area contributed by atoms with Gasteiger partial charge in [-0.15, -0.1) is 16.4 Å². The van der Waals surface area contributed by atoms with Gasteiger partial charge in [0.15, 0.2) is 5.82 Å². The summed E-state index contributed by atoms with van der Waals surface area (Å²) in [5.74, 6) is 1.07. The van der Waals surface area contributed by atoms with Gasteiger partial charge in [-0.05, 0) is 30.4 Å². The summed E-state index contributed by atoms with van der Waals surface area (Å²) in [6.07, 6.45) is 0.983. The standard InChI is InChI=1S/C19H22N4OS2/c1-3-14(15-8-5-4-6-9-15)12-20-18(24)13(2)26-19-21-17(22-23-19)16-10-7-11-25-16/h4-11,13-14H,3,12H2,1-2H3,(H,20,24)(H,21,22,23)/t13-,14+/m1/s1. The summed E-state index contributed by atoms with van der Waals surface area (Å²) in [7, 11) is 0. The molecule has 0 aliphatic heterocycles. The zero-order valence-electron chi connectivity index (χ0n) is 14.8. The van der Waals surface area contributed by atoms with Crippen LogP contribution in [0.4, 0.5) is 0 Å². The van der Waals surface area contributed by atoms with Crippen LogP contribution in [0.15, 0.2) is 53.0 Å². The number of carbonyl (C=O) groups is 1. The minimum atomic E-state index is -0.254. The first-order valence-electron chi connectivity index (χ1n) is 8.63. The highest BCUT2D eigenvalue weighted by atomic mass is 32.2. The Morgan fingerprint density at radius 3 is 2.77 bits per heavy atom. The van der Waals surface area contributed by atoms with Crippen LogP contribution in [-0.2, 0) is 4.79 Å². The van der Waals surface area contributed by atoms with E-state index in [1.165, 1.54) is 17.3 Å². The van der Waals surface area contributed by atoms with E-state index in [2.05, 4.69) is 39.6 Å². The second-order valence-electron chi connectivity index (χ2n) is 5.96. The molecule has 26 heavy (non-hydrogen) atoms. The molecular formula is C19H22N4OS2. The average Bonchev–Trinajstić information content (AvgIpc) is 3.34. The largest absolute Gasteiger partial charge is 0.355 e. The summed E-state index contributed by atoms with van der Waals surface area (Å²) < 4.78 is 0. The molecule has 7 heteroatoms. The highest BCUT2D eigenvalue weighted by Crippen LogP contribution is 2.25. The number of aromatic nitrogens is 3. The molecule has 2 N–H and O–H groups in total. The van der Waals surface area contributed by atoms with Crippen molar-refractivity contribution in [2.75, 3.05) is 6.54 Å². The molecule has 2 heterocycles. The van der Waals surface area contributed by atoms with Crippen LogP contribution in [0.3, 0.4) is 0 Å². The van der Waals surface area contributed by atoms with Crippen LogP contribution in [0.1, 0.15) is 31.7 Å². The van der Waals surface area contributed by atoms with Crippen molar-refractivity contribution < 1.29 is 4.79 Å². The maximum atomic E-state index is 12.4. The second kappa shape index (κ2) is 9.00. The van der Waals surface area contributed by atoms with E-state index in [0.29, 0.717) is 17.6 Å². The zero-order chi connectivity index (χ0) is 18.4. The highest BCUT2D eigenvalue weighted by molar-refractivity contribution is 8.00. The highest BCUT2D eigenvalue weighted by Gasteiger charge is 2.19. The number of hydrogen-bond acceptors (Lipinski definition) is 5. The number of nitrogens with zero attached hydrogens (tertiary/aromatic N) is 2. The minimum Gasteiger partial charge on any atom is -0.355 e. The lowest BCUT2D eigenvalue weighted by atomic mass is 9.96. The molecule has 0 radical (unpaired) electrons. The van der Waals surface area contributed by atoms with Gasteiger partial charge < -0.3 is 5.32 Å². The Labute approximate surface area is 161 Å². The van der Waals surface area contributed by atoms with Gasteiger partial charge in [-0.1, -0.05) is 55.1 Å². The molecule has 0 spiro atoms. The Hall–Kier alpha value is -2.12. The molecule has 1 amide bonds. The number of benzene rings is 1. The minimum absolute atomic E-state index is 0.00635. The fourth-order valence-electron chi connectivity index (χ4n) is 2.62. The predicted octanol–water partition coefficient (Wildman–Crippen LogP) is 4.32. The zero-order valence-corrected chi connectivity index (χ0v) is 16.4. The molecule has 3 aromatic rings. The van der Waals surface area contributed by atoms with Crippen molar-refractivity contribution in [1.29, 1.82) is 0 Å². The SMILES string of the molecule is CC[C@@H](CNC(=O)[C@@H](C)Sc1n[nH]c(-c2cccs2)n1)c1ccccc1. The first kappa shape index (κ1) is 18.7. The van der Waals surface area contributed by atoms with Crippen LogP contribution in [0.25, 0.3) is 10.7 Å². The van der Waals surface area contributed by atoms with Gasteiger partial charge in [0.05, 0.1) is 10.1 Å². The van der Waals surface area contributed by atoms with E-state index in [-0.39, 0.29) is 11.2 Å². The number of amides is 1. The average molecular weight is 387 g/mol. The number of carbonyl (C=O) groups excluding carboxylic acids is 1. The van der Waals surface area contributed by atoms with E-state index in [9.17, 15) is 4.79 Å². The fourth-order valence-corrected chi connectivity index (χ4v) is 4.04. The van der Waals surface area contributed by atoms with Crippen molar-refractivity contribution in [3.8, 4) is 10.7 Å². The Morgan fingerprint density at radius 1 is 1.27 bits per heavy atom. The van der Waals surface area contributed by atoms with Crippen LogP contribution < -0.4 is 5.32 Å². The molecule has 2 atom stereocenters. The third-order valence-electron chi connectivity index (χ3n) is 4.16. The molecule has 0 aliphatic rings. The first-order valence-corrected chi connectivity index (χ1v) is 10.4. The van der Waals surface area contributed by atoms with Crippen molar-refractivity contribution in [3.05, 3.63) is 53.4 Å². The van der Waals surface area contributed by atoms with Gasteiger partial charge in [-0.25, -0.2) is 4.98 Å². The van der Waals surface area contributed by atoms with Crippen LogP contribution in [0.2, 0.25) is 0 Å². The monoisotopic (exact) mass is 386 g/mol. The van der Waals surface area contributed by atoms with Crippen molar-refractivity contribution in [2.24, 2.45) is 0 Å². The third kappa shape index (κ3) is 4.74. The lowest BCUT2D eigenvalue weighted by Crippen LogP contribution is -2.34. The van der Waals surface area contributed by atoms with E-state index in [1.807, 2.05) is 42.6 Å². The topological polar surface area (TPSA) is 70.7 Å². The van der Waals surface area contributed by atoms with E-state index in [0.717, 1.165) is 17.1 Å². The molecule has 3 rings (SSSR count). The summed E-state index contributed by atoms with van der Waals surface area (Å²) >= 11 is 2.97. The van der Waals surface area contributed by atoms with E-state index >= 15 is 0 Å². The quantitative estimate of drug-likeness (QED) is 0.566. The van der Waals surface area contributed by atoms with Crippen molar-refractivity contribution in [2.45, 2.75) is 36.6 Å². The van der Waals surface area contributed by atoms with Gasteiger partial charge >= 0.3 is 0 Å². The van der Waals surface area contributed by atoms with E-state index < -0.39 is 0 Å². The maximum Gasteiger partial charge on any atom is 0.233 e. The Balaban J connectivity index is 1.53. The summed E-state index contributed by atoms with van der Waals surface area (Å²) in [5.41, 5.74) is 1.25. The van der Waals surface area contributed by atoms with Gasteiger partial charge in [0.25, 0.3) is 0 Å². The normalized spacial score (nSPS) is 13.3. The Bertz CT molecular complexity index is 817. The summed E-state index contributed by atoms with van der Waals surface area (Å²) in [6, 6.07) is 14.3. The number of thiophene rings is 1. The van der Waals surface area contributed by atoms with E-state index in [4.69, 9.17) is 0 Å². The summed E-state index contributed by atoms with van der Waals surface area (Å²) in [4.78, 5) is 17.9. The molecular weight excluding hydrogens is 364 g/mol. The Morgan fingerprint density at radius 2 is 2.08 bits per heavy atom. The number of aromatic amines is 1. The summed E-state index contributed by atoms with van der Waals surface area (Å²) in [6.45, 7) is 4.66. The number of rotatable bonds is 8. The molecule has 136 valence electrons. The molecule has 0 saturated carbocycles. The van der Waals surface area contributed by atoms with Crippen molar-refractivity contribution in [1.82, 2.24) is 20.5 Å². The van der Waals surface area contributed by atoms with Crippen LogP contribution in [0, 0.1) is 0 Å². The molecule has 1 aromatic carbocycles.